The predicted molar refractivity (Wildman–Crippen MR) is 82.5 cm³/mol. The van der Waals surface area contributed by atoms with E-state index in [1.54, 1.807) is 0 Å². The van der Waals surface area contributed by atoms with E-state index >= 15 is 0 Å². The first-order valence-electron chi connectivity index (χ1n) is 8.27. The molecule has 3 rings (SSSR count). The second-order valence-electron chi connectivity index (χ2n) is 6.58. The van der Waals surface area contributed by atoms with E-state index in [0.717, 1.165) is 25.8 Å². The fourth-order valence-electron chi connectivity index (χ4n) is 3.64. The summed E-state index contributed by atoms with van der Waals surface area (Å²) in [7, 11) is -4.83. The summed E-state index contributed by atoms with van der Waals surface area (Å²) in [6.07, 6.45) is 3.54. The summed E-state index contributed by atoms with van der Waals surface area (Å²) in [5, 5.41) is 14.5. The number of piperidine rings is 2. The largest absolute Gasteiger partial charge is 0.418 e. The molecule has 3 aliphatic heterocycles. The van der Waals surface area contributed by atoms with Crippen LogP contribution in [0.15, 0.2) is 0 Å². The van der Waals surface area contributed by atoms with Crippen molar-refractivity contribution in [3.8, 4) is 0 Å². The van der Waals surface area contributed by atoms with Crippen LogP contribution in [0, 0.1) is 0 Å². The van der Waals surface area contributed by atoms with Crippen molar-refractivity contribution in [1.82, 2.24) is 20.3 Å². The van der Waals surface area contributed by atoms with Gasteiger partial charge >= 0.3 is 16.4 Å². The van der Waals surface area contributed by atoms with Crippen molar-refractivity contribution in [3.05, 3.63) is 0 Å². The van der Waals surface area contributed by atoms with Gasteiger partial charge in [0.25, 0.3) is 5.91 Å². The van der Waals surface area contributed by atoms with Crippen LogP contribution >= 0.6 is 0 Å². The van der Waals surface area contributed by atoms with Gasteiger partial charge in [-0.25, -0.2) is 9.86 Å². The van der Waals surface area contributed by atoms with Crippen LogP contribution in [0.5, 0.6) is 0 Å². The number of nitrogens with zero attached hydrogens (tertiary/aromatic N) is 3. The van der Waals surface area contributed by atoms with Gasteiger partial charge in [0.1, 0.15) is 6.04 Å². The summed E-state index contributed by atoms with van der Waals surface area (Å²) < 4.78 is 34.8. The molecular weight excluding hydrogens is 356 g/mol. The molecule has 0 aromatic carbocycles. The van der Waals surface area contributed by atoms with Gasteiger partial charge < -0.3 is 10.2 Å². The number of hydrogen-bond donors (Lipinski definition) is 3. The fourth-order valence-corrected chi connectivity index (χ4v) is 4.03. The number of fused-ring (bicyclic) bond motifs is 2. The van der Waals surface area contributed by atoms with Gasteiger partial charge in [0.2, 0.25) is 0 Å². The highest BCUT2D eigenvalue weighted by atomic mass is 32.3. The Hall–Kier alpha value is -1.47. The van der Waals surface area contributed by atoms with Crippen LogP contribution < -0.4 is 5.32 Å². The lowest BCUT2D eigenvalue weighted by molar-refractivity contribution is -0.172. The lowest BCUT2D eigenvalue weighted by Crippen LogP contribution is -2.53. The van der Waals surface area contributed by atoms with Crippen molar-refractivity contribution in [2.75, 3.05) is 19.6 Å². The first-order chi connectivity index (χ1) is 11.8. The van der Waals surface area contributed by atoms with E-state index in [1.807, 2.05) is 0 Å². The zero-order valence-corrected chi connectivity index (χ0v) is 14.4. The van der Waals surface area contributed by atoms with Crippen molar-refractivity contribution in [2.24, 2.45) is 0 Å². The lowest BCUT2D eigenvalue weighted by Gasteiger charge is -2.33. The minimum atomic E-state index is -4.83. The van der Waals surface area contributed by atoms with Crippen molar-refractivity contribution in [1.29, 1.82) is 0 Å². The first kappa shape index (κ1) is 18.3. The summed E-state index contributed by atoms with van der Waals surface area (Å²) in [5.74, 6) is -0.604. The second kappa shape index (κ2) is 7.03. The van der Waals surface area contributed by atoms with E-state index < -0.39 is 34.4 Å². The van der Waals surface area contributed by atoms with E-state index in [2.05, 4.69) is 9.60 Å². The van der Waals surface area contributed by atoms with E-state index in [4.69, 9.17) is 4.55 Å². The molecule has 11 nitrogen and oxygen atoms in total. The molecule has 3 atom stereocenters. The molecule has 0 saturated carbocycles. The highest BCUT2D eigenvalue weighted by Gasteiger charge is 2.50. The molecule has 12 heteroatoms. The quantitative estimate of drug-likeness (QED) is 0.326. The van der Waals surface area contributed by atoms with Gasteiger partial charge in [-0.2, -0.15) is 13.5 Å². The fraction of sp³-hybridized carbons (Fsp3) is 0.846. The van der Waals surface area contributed by atoms with Crippen LogP contribution in [0.25, 0.3) is 0 Å². The normalized spacial score (nSPS) is 29.8. The molecule has 3 saturated heterocycles. The van der Waals surface area contributed by atoms with E-state index in [1.165, 1.54) is 4.90 Å². The Morgan fingerprint density at radius 1 is 1.32 bits per heavy atom. The van der Waals surface area contributed by atoms with Gasteiger partial charge in [0, 0.05) is 12.6 Å². The number of nitrogens with one attached hydrogen (secondary N) is 1. The van der Waals surface area contributed by atoms with Crippen LogP contribution in [0.3, 0.4) is 0 Å². The number of urea groups is 1. The number of amides is 3. The maximum Gasteiger partial charge on any atom is 0.418 e. The second-order valence-corrected chi connectivity index (χ2v) is 7.58. The minimum absolute atomic E-state index is 0.00711. The predicted octanol–water partition coefficient (Wildman–Crippen LogP) is -0.651. The number of carbonyl (C=O) groups is 2. The molecule has 2 unspecified atom stereocenters. The highest BCUT2D eigenvalue weighted by molar-refractivity contribution is 7.80. The van der Waals surface area contributed by atoms with Crippen LogP contribution in [0.2, 0.25) is 0 Å². The summed E-state index contributed by atoms with van der Waals surface area (Å²) in [5.41, 5.74) is 0. The van der Waals surface area contributed by atoms with Gasteiger partial charge in [-0.1, -0.05) is 6.42 Å². The first-order valence-corrected chi connectivity index (χ1v) is 9.63. The molecule has 2 bridgehead atoms. The van der Waals surface area contributed by atoms with Crippen LogP contribution in [0.1, 0.15) is 32.1 Å². The molecule has 0 spiro atoms. The van der Waals surface area contributed by atoms with Gasteiger partial charge in [0.15, 0.2) is 0 Å². The van der Waals surface area contributed by atoms with Crippen LogP contribution in [-0.4, -0.2) is 82.9 Å². The average molecular weight is 378 g/mol. The number of rotatable bonds is 5. The third kappa shape index (κ3) is 4.03. The van der Waals surface area contributed by atoms with E-state index in [-0.39, 0.29) is 25.6 Å². The Morgan fingerprint density at radius 3 is 2.72 bits per heavy atom. The SMILES string of the molecule is O=C(C1CCC2CN1C(=O)N2OS(=O)(=O)O)N(O)C[C@@H]1CCCCN1. The molecule has 0 aromatic heterocycles. The maximum atomic E-state index is 12.5. The zero-order valence-electron chi connectivity index (χ0n) is 13.6. The Balaban J connectivity index is 1.63. The summed E-state index contributed by atoms with van der Waals surface area (Å²) in [6.45, 7) is 1.07. The molecule has 3 fully saturated rings. The van der Waals surface area contributed by atoms with E-state index in [9.17, 15) is 23.2 Å². The summed E-state index contributed by atoms with van der Waals surface area (Å²) >= 11 is 0. The molecule has 142 valence electrons. The number of hydroxylamine groups is 4. The summed E-state index contributed by atoms with van der Waals surface area (Å²) in [4.78, 5) is 26.0. The molecule has 0 aliphatic carbocycles. The van der Waals surface area contributed by atoms with Crippen LogP contribution in [-0.2, 0) is 19.5 Å². The van der Waals surface area contributed by atoms with E-state index in [0.29, 0.717) is 16.5 Å². The number of carbonyl (C=O) groups excluding carboxylic acids is 2. The highest BCUT2D eigenvalue weighted by Crippen LogP contribution is 2.31. The molecule has 3 aliphatic rings. The average Bonchev–Trinajstić information content (AvgIpc) is 2.79. The smallest absolute Gasteiger partial charge is 0.312 e. The van der Waals surface area contributed by atoms with Crippen LogP contribution in [0.4, 0.5) is 4.79 Å². The number of hydrogen-bond acceptors (Lipinski definition) is 7. The lowest BCUT2D eigenvalue weighted by atomic mass is 9.99. The standard InChI is InChI=1S/C13H22N4O7S/c18-12(16(20)7-9-3-1-2-6-14-9)11-5-4-10-8-15(11)13(19)17(10)24-25(21,22)23/h9-11,14,20H,1-8H2,(H,21,22,23)/t9-,10?,11?/m0/s1. The van der Waals surface area contributed by atoms with Gasteiger partial charge in [-0.15, -0.1) is 4.28 Å². The molecule has 25 heavy (non-hydrogen) atoms. The monoisotopic (exact) mass is 378 g/mol. The van der Waals surface area contributed by atoms with Crippen molar-refractivity contribution >= 4 is 22.3 Å². The minimum Gasteiger partial charge on any atom is -0.312 e. The Morgan fingerprint density at radius 2 is 2.08 bits per heavy atom. The zero-order chi connectivity index (χ0) is 18.2. The topological polar surface area (TPSA) is 140 Å². The molecule has 3 amide bonds. The third-order valence-electron chi connectivity index (χ3n) is 4.84. The summed E-state index contributed by atoms with van der Waals surface area (Å²) in [6, 6.07) is -2.26. The molecule has 0 aromatic rings. The third-order valence-corrected chi connectivity index (χ3v) is 5.19. The molecule has 3 heterocycles. The molecular formula is C13H22N4O7S. The Labute approximate surface area is 145 Å². The van der Waals surface area contributed by atoms with Crippen molar-refractivity contribution < 1.29 is 32.1 Å². The maximum absolute atomic E-state index is 12.5. The van der Waals surface area contributed by atoms with Gasteiger partial charge in [0.05, 0.1) is 12.6 Å². The van der Waals surface area contributed by atoms with Crippen molar-refractivity contribution in [3.63, 3.8) is 0 Å². The van der Waals surface area contributed by atoms with Crippen molar-refractivity contribution in [2.45, 2.75) is 50.2 Å². The van der Waals surface area contributed by atoms with Gasteiger partial charge in [-0.3, -0.25) is 14.6 Å². The molecule has 0 radical (unpaired) electrons. The Bertz CT molecular complexity index is 636. The van der Waals surface area contributed by atoms with Gasteiger partial charge in [-0.05, 0) is 32.2 Å². The molecule has 3 N–H and O–H groups in total. The Kier molecular flexibility index (Phi) is 5.16.